The molecule has 0 saturated heterocycles. The van der Waals surface area contributed by atoms with Crippen molar-refractivity contribution in [2.24, 2.45) is 0 Å². The molecule has 1 heterocycles. The third kappa shape index (κ3) is 2.45. The number of nitrogens with one attached hydrogen (secondary N) is 1. The smallest absolute Gasteiger partial charge is 0.132 e. The van der Waals surface area contributed by atoms with Gasteiger partial charge < -0.3 is 10.4 Å². The number of hydrogen-bond donors (Lipinski definition) is 2. The van der Waals surface area contributed by atoms with E-state index in [1.807, 2.05) is 19.9 Å². The molecule has 0 unspecified atom stereocenters. The number of aromatic nitrogens is 1. The van der Waals surface area contributed by atoms with Crippen molar-refractivity contribution in [3.63, 3.8) is 0 Å². The van der Waals surface area contributed by atoms with Crippen molar-refractivity contribution in [1.29, 1.82) is 0 Å². The summed E-state index contributed by atoms with van der Waals surface area (Å²) in [6.07, 6.45) is 0. The molecule has 0 aliphatic rings. The average Bonchev–Trinajstić information content (AvgIpc) is 2.01. The van der Waals surface area contributed by atoms with Crippen molar-refractivity contribution < 1.29 is 5.11 Å². The number of pyridine rings is 1. The Hall–Kier alpha value is -1.09. The average molecular weight is 194 g/mol. The second-order valence-electron chi connectivity index (χ2n) is 3.86. The highest BCUT2D eigenvalue weighted by atomic mass is 16.3. The molecule has 1 aromatic rings. The Kier molecular flexibility index (Phi) is 3.47. The minimum absolute atomic E-state index is 0.0359. The molecule has 3 heteroatoms. The summed E-state index contributed by atoms with van der Waals surface area (Å²) in [5.41, 5.74) is 2.95. The van der Waals surface area contributed by atoms with Gasteiger partial charge in [0, 0.05) is 17.3 Å². The zero-order chi connectivity index (χ0) is 10.7. The van der Waals surface area contributed by atoms with Gasteiger partial charge in [0.25, 0.3) is 0 Å². The molecule has 0 saturated carbocycles. The Balaban J connectivity index is 3.11. The van der Waals surface area contributed by atoms with Gasteiger partial charge in [-0.1, -0.05) is 0 Å². The maximum absolute atomic E-state index is 9.22. The van der Waals surface area contributed by atoms with Gasteiger partial charge in [0.1, 0.15) is 5.82 Å². The van der Waals surface area contributed by atoms with Crippen LogP contribution in [0.25, 0.3) is 0 Å². The van der Waals surface area contributed by atoms with Crippen LogP contribution in [0.5, 0.6) is 0 Å². The summed E-state index contributed by atoms with van der Waals surface area (Å²) in [5, 5.41) is 12.5. The minimum atomic E-state index is 0.0359. The molecular formula is C11H18N2O. The molecule has 0 fully saturated rings. The van der Waals surface area contributed by atoms with E-state index in [1.165, 1.54) is 0 Å². The molecule has 3 nitrogen and oxygen atoms in total. The fourth-order valence-corrected chi connectivity index (χ4v) is 1.46. The van der Waals surface area contributed by atoms with Crippen LogP contribution in [-0.4, -0.2) is 16.1 Å². The van der Waals surface area contributed by atoms with Crippen molar-refractivity contribution in [1.82, 2.24) is 4.98 Å². The molecule has 0 bridgehead atoms. The first-order valence-corrected chi connectivity index (χ1v) is 4.89. The van der Waals surface area contributed by atoms with Crippen LogP contribution in [0.15, 0.2) is 6.07 Å². The van der Waals surface area contributed by atoms with E-state index in [0.717, 1.165) is 22.6 Å². The first-order chi connectivity index (χ1) is 6.54. The van der Waals surface area contributed by atoms with Crippen LogP contribution in [0.2, 0.25) is 0 Å². The van der Waals surface area contributed by atoms with Gasteiger partial charge in [-0.25, -0.2) is 4.98 Å². The Bertz CT molecular complexity index is 321. The molecule has 0 aromatic carbocycles. The Morgan fingerprint density at radius 3 is 2.57 bits per heavy atom. The Labute approximate surface area is 85.2 Å². The second kappa shape index (κ2) is 4.42. The third-order valence-electron chi connectivity index (χ3n) is 2.06. The summed E-state index contributed by atoms with van der Waals surface area (Å²) in [7, 11) is 0. The molecule has 0 aliphatic heterocycles. The van der Waals surface area contributed by atoms with Gasteiger partial charge in [-0.15, -0.1) is 0 Å². The summed E-state index contributed by atoms with van der Waals surface area (Å²) >= 11 is 0. The Morgan fingerprint density at radius 2 is 2.07 bits per heavy atom. The van der Waals surface area contributed by atoms with Crippen LogP contribution in [0.3, 0.4) is 0 Å². The Morgan fingerprint density at radius 1 is 1.43 bits per heavy atom. The van der Waals surface area contributed by atoms with E-state index in [0.29, 0.717) is 6.04 Å². The largest absolute Gasteiger partial charge is 0.392 e. The molecule has 0 radical (unpaired) electrons. The van der Waals surface area contributed by atoms with E-state index in [-0.39, 0.29) is 6.61 Å². The van der Waals surface area contributed by atoms with E-state index < -0.39 is 0 Å². The molecule has 14 heavy (non-hydrogen) atoms. The predicted molar refractivity (Wildman–Crippen MR) is 58.4 cm³/mol. The lowest BCUT2D eigenvalue weighted by Crippen LogP contribution is -2.14. The van der Waals surface area contributed by atoms with E-state index >= 15 is 0 Å². The molecule has 0 spiro atoms. The summed E-state index contributed by atoms with van der Waals surface area (Å²) in [6, 6.07) is 2.31. The van der Waals surface area contributed by atoms with Gasteiger partial charge in [-0.05, 0) is 39.3 Å². The summed E-state index contributed by atoms with van der Waals surface area (Å²) in [4.78, 5) is 4.37. The first-order valence-electron chi connectivity index (χ1n) is 4.89. The van der Waals surface area contributed by atoms with E-state index in [1.54, 1.807) is 0 Å². The molecule has 0 atom stereocenters. The van der Waals surface area contributed by atoms with Crippen LogP contribution >= 0.6 is 0 Å². The number of anilines is 1. The summed E-state index contributed by atoms with van der Waals surface area (Å²) < 4.78 is 0. The van der Waals surface area contributed by atoms with Crippen LogP contribution in [0, 0.1) is 13.8 Å². The number of aliphatic hydroxyl groups is 1. The number of aliphatic hydroxyl groups excluding tert-OH is 1. The molecule has 1 aromatic heterocycles. The van der Waals surface area contributed by atoms with E-state index in [2.05, 4.69) is 24.1 Å². The third-order valence-corrected chi connectivity index (χ3v) is 2.06. The first kappa shape index (κ1) is 11.0. The molecule has 1 rings (SSSR count). The number of rotatable bonds is 3. The van der Waals surface area contributed by atoms with Gasteiger partial charge in [-0.3, -0.25) is 0 Å². The van der Waals surface area contributed by atoms with Crippen LogP contribution < -0.4 is 5.32 Å². The van der Waals surface area contributed by atoms with Crippen molar-refractivity contribution in [2.75, 3.05) is 5.32 Å². The molecule has 0 amide bonds. The predicted octanol–water partition coefficient (Wildman–Crippen LogP) is 2.01. The van der Waals surface area contributed by atoms with Crippen LogP contribution in [-0.2, 0) is 6.61 Å². The van der Waals surface area contributed by atoms with Crippen LogP contribution in [0.1, 0.15) is 30.7 Å². The quantitative estimate of drug-likeness (QED) is 0.773. The maximum Gasteiger partial charge on any atom is 0.132 e. The lowest BCUT2D eigenvalue weighted by atomic mass is 10.1. The highest BCUT2D eigenvalue weighted by molar-refractivity contribution is 5.49. The maximum atomic E-state index is 9.22. The number of hydrogen-bond acceptors (Lipinski definition) is 3. The van der Waals surface area contributed by atoms with Gasteiger partial charge in [-0.2, -0.15) is 0 Å². The summed E-state index contributed by atoms with van der Waals surface area (Å²) in [5.74, 6) is 0.806. The number of aryl methyl sites for hydroxylation is 2. The van der Waals surface area contributed by atoms with Gasteiger partial charge in [0.05, 0.1) is 6.61 Å². The zero-order valence-corrected chi connectivity index (χ0v) is 9.26. The van der Waals surface area contributed by atoms with E-state index in [9.17, 15) is 5.11 Å². The van der Waals surface area contributed by atoms with Crippen molar-refractivity contribution in [2.45, 2.75) is 40.3 Å². The lowest BCUT2D eigenvalue weighted by molar-refractivity contribution is 0.281. The monoisotopic (exact) mass is 194 g/mol. The summed E-state index contributed by atoms with van der Waals surface area (Å²) in [6.45, 7) is 8.10. The van der Waals surface area contributed by atoms with Crippen molar-refractivity contribution >= 4 is 5.82 Å². The fourth-order valence-electron chi connectivity index (χ4n) is 1.46. The van der Waals surface area contributed by atoms with Crippen molar-refractivity contribution in [3.05, 3.63) is 22.9 Å². The molecule has 78 valence electrons. The molecular weight excluding hydrogens is 176 g/mol. The standard InChI is InChI=1S/C11H18N2O/c1-7(2)12-11-10(6-14)8(3)5-9(4)13-11/h5,7,14H,6H2,1-4H3,(H,12,13). The van der Waals surface area contributed by atoms with Crippen molar-refractivity contribution in [3.8, 4) is 0 Å². The molecule has 2 N–H and O–H groups in total. The lowest BCUT2D eigenvalue weighted by Gasteiger charge is -2.15. The van der Waals surface area contributed by atoms with Gasteiger partial charge in [0.2, 0.25) is 0 Å². The fraction of sp³-hybridized carbons (Fsp3) is 0.545. The zero-order valence-electron chi connectivity index (χ0n) is 9.26. The minimum Gasteiger partial charge on any atom is -0.392 e. The SMILES string of the molecule is Cc1cc(C)c(CO)c(NC(C)C)n1. The van der Waals surface area contributed by atoms with Gasteiger partial charge >= 0.3 is 0 Å². The second-order valence-corrected chi connectivity index (χ2v) is 3.86. The topological polar surface area (TPSA) is 45.1 Å². The normalized spacial score (nSPS) is 10.7. The highest BCUT2D eigenvalue weighted by Crippen LogP contribution is 2.19. The molecule has 0 aliphatic carbocycles. The van der Waals surface area contributed by atoms with E-state index in [4.69, 9.17) is 0 Å². The van der Waals surface area contributed by atoms with Crippen LogP contribution in [0.4, 0.5) is 5.82 Å². The number of nitrogens with zero attached hydrogens (tertiary/aromatic N) is 1. The highest BCUT2D eigenvalue weighted by Gasteiger charge is 2.08. The van der Waals surface area contributed by atoms with Gasteiger partial charge in [0.15, 0.2) is 0 Å².